The molecule has 0 saturated carbocycles. The van der Waals surface area contributed by atoms with Crippen LogP contribution in [0.1, 0.15) is 40.0 Å². The molecule has 0 aromatic heterocycles. The van der Waals surface area contributed by atoms with Crippen LogP contribution in [0.3, 0.4) is 0 Å². The number of rotatable bonds is 6. The van der Waals surface area contributed by atoms with Gasteiger partial charge < -0.3 is 20.5 Å². The third-order valence-electron chi connectivity index (χ3n) is 3.76. The van der Waals surface area contributed by atoms with Gasteiger partial charge >= 0.3 is 6.09 Å². The van der Waals surface area contributed by atoms with Gasteiger partial charge in [-0.2, -0.15) is 0 Å². The van der Waals surface area contributed by atoms with Crippen LogP contribution in [0.5, 0.6) is 0 Å². The smallest absolute Gasteiger partial charge is 0.407 e. The Hall–Kier alpha value is -0.850. The Bertz CT molecular complexity index is 312. The number of nitrogens with two attached hydrogens (primary N) is 1. The SMILES string of the molecule is CN(C(CN)CCNC(=O)OC(C)(C)C)C1CCOCC1. The maximum Gasteiger partial charge on any atom is 0.407 e. The van der Waals surface area contributed by atoms with Crippen molar-refractivity contribution in [1.82, 2.24) is 10.2 Å². The fourth-order valence-corrected chi connectivity index (χ4v) is 2.53. The maximum absolute atomic E-state index is 11.6. The molecule has 1 aliphatic heterocycles. The topological polar surface area (TPSA) is 76.8 Å². The summed E-state index contributed by atoms with van der Waals surface area (Å²) in [5, 5.41) is 2.79. The summed E-state index contributed by atoms with van der Waals surface area (Å²) in [7, 11) is 2.11. The van der Waals surface area contributed by atoms with Crippen LogP contribution in [0.25, 0.3) is 0 Å². The molecule has 6 heteroatoms. The molecule has 0 aliphatic carbocycles. The number of carbonyl (C=O) groups is 1. The maximum atomic E-state index is 11.6. The number of hydrogen-bond donors (Lipinski definition) is 2. The molecule has 1 unspecified atom stereocenters. The van der Waals surface area contributed by atoms with Crippen LogP contribution < -0.4 is 11.1 Å². The molecule has 0 aromatic rings. The fourth-order valence-electron chi connectivity index (χ4n) is 2.53. The van der Waals surface area contributed by atoms with Crippen LogP contribution in [0, 0.1) is 0 Å². The van der Waals surface area contributed by atoms with Gasteiger partial charge in [0.05, 0.1) is 0 Å². The first-order valence-corrected chi connectivity index (χ1v) is 7.80. The molecule has 0 aromatic carbocycles. The Kier molecular flexibility index (Phi) is 7.42. The Morgan fingerprint density at radius 1 is 1.43 bits per heavy atom. The summed E-state index contributed by atoms with van der Waals surface area (Å²) in [6.45, 7) is 8.37. The second kappa shape index (κ2) is 8.56. The summed E-state index contributed by atoms with van der Waals surface area (Å²) >= 11 is 0. The van der Waals surface area contributed by atoms with Crippen molar-refractivity contribution in [3.05, 3.63) is 0 Å². The van der Waals surface area contributed by atoms with E-state index in [-0.39, 0.29) is 12.1 Å². The van der Waals surface area contributed by atoms with Gasteiger partial charge in [0.25, 0.3) is 0 Å². The number of likely N-dealkylation sites (N-methyl/N-ethyl adjacent to an activating group) is 1. The predicted octanol–water partition coefficient (Wildman–Crippen LogP) is 1.34. The van der Waals surface area contributed by atoms with Gasteiger partial charge in [0.1, 0.15) is 5.60 Å². The molecule has 124 valence electrons. The van der Waals surface area contributed by atoms with Crippen LogP contribution >= 0.6 is 0 Å². The van der Waals surface area contributed by atoms with Crippen molar-refractivity contribution in [2.75, 3.05) is 33.4 Å². The van der Waals surface area contributed by atoms with Crippen molar-refractivity contribution in [3.8, 4) is 0 Å². The summed E-state index contributed by atoms with van der Waals surface area (Å²) in [5.41, 5.74) is 5.42. The van der Waals surface area contributed by atoms with E-state index in [2.05, 4.69) is 17.3 Å². The molecule has 1 atom stereocenters. The number of nitrogens with one attached hydrogen (secondary N) is 1. The van der Waals surface area contributed by atoms with Gasteiger partial charge in [0, 0.05) is 38.4 Å². The zero-order chi connectivity index (χ0) is 15.9. The lowest BCUT2D eigenvalue weighted by molar-refractivity contribution is 0.0278. The first kappa shape index (κ1) is 18.2. The molecule has 1 amide bonds. The summed E-state index contributed by atoms with van der Waals surface area (Å²) in [4.78, 5) is 13.9. The van der Waals surface area contributed by atoms with Gasteiger partial charge in [0.2, 0.25) is 0 Å². The minimum Gasteiger partial charge on any atom is -0.444 e. The summed E-state index contributed by atoms with van der Waals surface area (Å²) in [5.74, 6) is 0. The van der Waals surface area contributed by atoms with Gasteiger partial charge in [-0.05, 0) is 47.1 Å². The van der Waals surface area contributed by atoms with Gasteiger partial charge in [-0.1, -0.05) is 0 Å². The standard InChI is InChI=1S/C15H31N3O3/c1-15(2,3)21-14(19)17-8-5-13(11-16)18(4)12-6-9-20-10-7-12/h12-13H,5-11,16H2,1-4H3,(H,17,19). The Morgan fingerprint density at radius 2 is 2.05 bits per heavy atom. The average Bonchev–Trinajstić information content (AvgIpc) is 2.42. The van der Waals surface area contributed by atoms with E-state index in [4.69, 9.17) is 15.2 Å². The lowest BCUT2D eigenvalue weighted by Crippen LogP contribution is -2.48. The van der Waals surface area contributed by atoms with Gasteiger partial charge in [-0.25, -0.2) is 4.79 Å². The highest BCUT2D eigenvalue weighted by atomic mass is 16.6. The number of alkyl carbamates (subject to hydrolysis) is 1. The normalized spacial score (nSPS) is 18.6. The van der Waals surface area contributed by atoms with Crippen molar-refractivity contribution in [3.63, 3.8) is 0 Å². The van der Waals surface area contributed by atoms with Gasteiger partial charge in [-0.3, -0.25) is 4.90 Å². The molecule has 1 rings (SSSR count). The molecule has 0 radical (unpaired) electrons. The number of carbonyl (C=O) groups excluding carboxylic acids is 1. The molecule has 1 fully saturated rings. The highest BCUT2D eigenvalue weighted by Crippen LogP contribution is 2.16. The molecule has 0 bridgehead atoms. The quantitative estimate of drug-likeness (QED) is 0.774. The summed E-state index contributed by atoms with van der Waals surface area (Å²) in [6.07, 6.45) is 2.55. The number of nitrogens with zero attached hydrogens (tertiary/aromatic N) is 1. The minimum atomic E-state index is -0.462. The van der Waals surface area contributed by atoms with Crippen molar-refractivity contribution in [2.45, 2.75) is 57.7 Å². The van der Waals surface area contributed by atoms with Gasteiger partial charge in [-0.15, -0.1) is 0 Å². The zero-order valence-corrected chi connectivity index (χ0v) is 13.9. The van der Waals surface area contributed by atoms with Crippen molar-refractivity contribution < 1.29 is 14.3 Å². The molecule has 21 heavy (non-hydrogen) atoms. The van der Waals surface area contributed by atoms with Crippen molar-refractivity contribution in [2.24, 2.45) is 5.73 Å². The molecular formula is C15H31N3O3. The van der Waals surface area contributed by atoms with Crippen molar-refractivity contribution in [1.29, 1.82) is 0 Å². The largest absolute Gasteiger partial charge is 0.444 e. The summed E-state index contributed by atoms with van der Waals surface area (Å²) < 4.78 is 10.6. The first-order chi connectivity index (χ1) is 9.83. The van der Waals surface area contributed by atoms with Crippen LogP contribution in [0.15, 0.2) is 0 Å². The van der Waals surface area contributed by atoms with Gasteiger partial charge in [0.15, 0.2) is 0 Å². The molecule has 1 aliphatic rings. The predicted molar refractivity (Wildman–Crippen MR) is 83.3 cm³/mol. The second-order valence-electron chi connectivity index (χ2n) is 6.62. The number of hydrogen-bond acceptors (Lipinski definition) is 5. The Morgan fingerprint density at radius 3 is 2.57 bits per heavy atom. The fraction of sp³-hybridized carbons (Fsp3) is 0.933. The lowest BCUT2D eigenvalue weighted by atomic mass is 10.0. The molecule has 1 heterocycles. The first-order valence-electron chi connectivity index (χ1n) is 7.80. The van der Waals surface area contributed by atoms with E-state index in [1.807, 2.05) is 20.8 Å². The van der Waals surface area contributed by atoms with E-state index >= 15 is 0 Å². The van der Waals surface area contributed by atoms with Crippen LogP contribution in [-0.4, -0.2) is 62.0 Å². The highest BCUT2D eigenvalue weighted by Gasteiger charge is 2.24. The average molecular weight is 301 g/mol. The second-order valence-corrected chi connectivity index (χ2v) is 6.62. The third kappa shape index (κ3) is 7.11. The summed E-state index contributed by atoms with van der Waals surface area (Å²) in [6, 6.07) is 0.789. The monoisotopic (exact) mass is 301 g/mol. The Labute approximate surface area is 128 Å². The zero-order valence-electron chi connectivity index (χ0n) is 13.9. The molecule has 0 spiro atoms. The van der Waals surface area contributed by atoms with E-state index in [9.17, 15) is 4.79 Å². The Balaban J connectivity index is 2.31. The molecular weight excluding hydrogens is 270 g/mol. The van der Waals surface area contributed by atoms with E-state index in [0.29, 0.717) is 19.1 Å². The molecule has 1 saturated heterocycles. The molecule has 3 N–H and O–H groups in total. The minimum absolute atomic E-state index is 0.267. The van der Waals surface area contributed by atoms with Crippen molar-refractivity contribution >= 4 is 6.09 Å². The van der Waals surface area contributed by atoms with E-state index in [1.54, 1.807) is 0 Å². The van der Waals surface area contributed by atoms with Crippen LogP contribution in [-0.2, 0) is 9.47 Å². The third-order valence-corrected chi connectivity index (χ3v) is 3.76. The number of amides is 1. The number of ether oxygens (including phenoxy) is 2. The van der Waals surface area contributed by atoms with Crippen LogP contribution in [0.2, 0.25) is 0 Å². The van der Waals surface area contributed by atoms with E-state index in [0.717, 1.165) is 32.5 Å². The van der Waals surface area contributed by atoms with E-state index in [1.165, 1.54) is 0 Å². The van der Waals surface area contributed by atoms with E-state index < -0.39 is 5.60 Å². The molecule has 6 nitrogen and oxygen atoms in total. The highest BCUT2D eigenvalue weighted by molar-refractivity contribution is 5.67. The lowest BCUT2D eigenvalue weighted by Gasteiger charge is -2.36. The van der Waals surface area contributed by atoms with Crippen LogP contribution in [0.4, 0.5) is 4.79 Å².